The molecule has 0 spiro atoms. The summed E-state index contributed by atoms with van der Waals surface area (Å²) in [6, 6.07) is 3.08. The SMILES string of the molecule is COc1cc(N)c(Cl)cc1C(=O)NCCNC1(C)CC1. The molecule has 110 valence electrons. The van der Waals surface area contributed by atoms with Gasteiger partial charge in [-0.3, -0.25) is 4.79 Å². The summed E-state index contributed by atoms with van der Waals surface area (Å²) in [6.07, 6.45) is 2.39. The molecule has 0 radical (unpaired) electrons. The predicted molar refractivity (Wildman–Crippen MR) is 80.4 cm³/mol. The standard InChI is InChI=1S/C14H20ClN3O2/c1-14(3-4-14)18-6-5-17-13(19)9-7-10(15)11(16)8-12(9)20-2/h7-8,18H,3-6,16H2,1-2H3,(H,17,19). The Morgan fingerprint density at radius 2 is 2.15 bits per heavy atom. The molecule has 0 heterocycles. The summed E-state index contributed by atoms with van der Waals surface area (Å²) < 4.78 is 5.16. The minimum atomic E-state index is -0.216. The van der Waals surface area contributed by atoms with Crippen LogP contribution in [0.5, 0.6) is 5.75 Å². The molecule has 0 atom stereocenters. The van der Waals surface area contributed by atoms with Crippen molar-refractivity contribution in [1.82, 2.24) is 10.6 Å². The lowest BCUT2D eigenvalue weighted by atomic mass is 10.1. The monoisotopic (exact) mass is 297 g/mol. The van der Waals surface area contributed by atoms with Crippen molar-refractivity contribution in [2.75, 3.05) is 25.9 Å². The van der Waals surface area contributed by atoms with E-state index < -0.39 is 0 Å². The molecule has 1 aliphatic rings. The van der Waals surface area contributed by atoms with Crippen molar-refractivity contribution in [2.24, 2.45) is 0 Å². The third-order valence-corrected chi connectivity index (χ3v) is 3.85. The number of hydrogen-bond donors (Lipinski definition) is 3. The molecule has 1 saturated carbocycles. The van der Waals surface area contributed by atoms with Gasteiger partial charge in [0, 0.05) is 24.7 Å². The van der Waals surface area contributed by atoms with Gasteiger partial charge in [0.15, 0.2) is 0 Å². The van der Waals surface area contributed by atoms with Crippen molar-refractivity contribution in [1.29, 1.82) is 0 Å². The molecule has 0 aromatic heterocycles. The number of carbonyl (C=O) groups is 1. The van der Waals surface area contributed by atoms with Crippen LogP contribution in [0.25, 0.3) is 0 Å². The molecule has 5 nitrogen and oxygen atoms in total. The van der Waals surface area contributed by atoms with Gasteiger partial charge in [0.05, 0.1) is 23.4 Å². The van der Waals surface area contributed by atoms with Gasteiger partial charge in [-0.05, 0) is 25.8 Å². The van der Waals surface area contributed by atoms with Crippen LogP contribution in [-0.2, 0) is 0 Å². The van der Waals surface area contributed by atoms with Crippen molar-refractivity contribution in [3.63, 3.8) is 0 Å². The second-order valence-electron chi connectivity index (χ2n) is 5.32. The Hall–Kier alpha value is -1.46. The Balaban J connectivity index is 1.92. The van der Waals surface area contributed by atoms with Crippen LogP contribution in [0.3, 0.4) is 0 Å². The summed E-state index contributed by atoms with van der Waals surface area (Å²) in [5.41, 5.74) is 6.74. The van der Waals surface area contributed by atoms with Crippen LogP contribution in [0.15, 0.2) is 12.1 Å². The van der Waals surface area contributed by atoms with E-state index in [0.29, 0.717) is 28.6 Å². The zero-order valence-electron chi connectivity index (χ0n) is 11.8. The van der Waals surface area contributed by atoms with Crippen LogP contribution in [0, 0.1) is 0 Å². The Morgan fingerprint density at radius 3 is 2.75 bits per heavy atom. The molecule has 0 unspecified atom stereocenters. The highest BCUT2D eigenvalue weighted by molar-refractivity contribution is 6.33. The third-order valence-electron chi connectivity index (χ3n) is 3.53. The maximum atomic E-state index is 12.1. The van der Waals surface area contributed by atoms with Crippen molar-refractivity contribution in [3.05, 3.63) is 22.7 Å². The fourth-order valence-electron chi connectivity index (χ4n) is 1.92. The molecular weight excluding hydrogens is 278 g/mol. The van der Waals surface area contributed by atoms with Crippen molar-refractivity contribution in [3.8, 4) is 5.75 Å². The van der Waals surface area contributed by atoms with Gasteiger partial charge in [-0.25, -0.2) is 0 Å². The first-order chi connectivity index (χ1) is 9.45. The number of rotatable bonds is 6. The van der Waals surface area contributed by atoms with E-state index in [0.717, 1.165) is 6.54 Å². The third kappa shape index (κ3) is 3.55. The number of nitrogens with two attached hydrogens (primary N) is 1. The first-order valence-electron chi connectivity index (χ1n) is 6.61. The van der Waals surface area contributed by atoms with Crippen LogP contribution < -0.4 is 21.1 Å². The highest BCUT2D eigenvalue weighted by Crippen LogP contribution is 2.33. The predicted octanol–water partition coefficient (Wildman–Crippen LogP) is 1.80. The number of benzene rings is 1. The molecule has 0 aliphatic heterocycles. The van der Waals surface area contributed by atoms with Gasteiger partial charge in [0.2, 0.25) is 0 Å². The van der Waals surface area contributed by atoms with E-state index in [-0.39, 0.29) is 11.4 Å². The number of methoxy groups -OCH3 is 1. The molecule has 1 aliphatic carbocycles. The number of amides is 1. The maximum Gasteiger partial charge on any atom is 0.255 e. The molecule has 2 rings (SSSR count). The quantitative estimate of drug-likeness (QED) is 0.553. The average Bonchev–Trinajstić information content (AvgIpc) is 3.15. The number of nitrogens with one attached hydrogen (secondary N) is 2. The molecule has 4 N–H and O–H groups in total. The topological polar surface area (TPSA) is 76.4 Å². The minimum absolute atomic E-state index is 0.216. The first kappa shape index (κ1) is 14.9. The Labute approximate surface area is 123 Å². The molecule has 6 heteroatoms. The largest absolute Gasteiger partial charge is 0.496 e. The highest BCUT2D eigenvalue weighted by atomic mass is 35.5. The minimum Gasteiger partial charge on any atom is -0.496 e. The van der Waals surface area contributed by atoms with E-state index in [1.807, 2.05) is 0 Å². The lowest BCUT2D eigenvalue weighted by Crippen LogP contribution is -2.36. The number of ether oxygens (including phenoxy) is 1. The number of nitrogen functional groups attached to an aromatic ring is 1. The maximum absolute atomic E-state index is 12.1. The molecular formula is C14H20ClN3O2. The average molecular weight is 298 g/mol. The Kier molecular flexibility index (Phi) is 4.40. The zero-order chi connectivity index (χ0) is 14.8. The summed E-state index contributed by atoms with van der Waals surface area (Å²) >= 11 is 5.94. The van der Waals surface area contributed by atoms with Gasteiger partial charge in [0.1, 0.15) is 5.75 Å². The molecule has 1 fully saturated rings. The van der Waals surface area contributed by atoms with E-state index in [1.54, 1.807) is 6.07 Å². The van der Waals surface area contributed by atoms with Crippen molar-refractivity contribution < 1.29 is 9.53 Å². The van der Waals surface area contributed by atoms with Gasteiger partial charge >= 0.3 is 0 Å². The summed E-state index contributed by atoms with van der Waals surface area (Å²) in [4.78, 5) is 12.1. The van der Waals surface area contributed by atoms with Crippen LogP contribution in [0.4, 0.5) is 5.69 Å². The number of hydrogen-bond acceptors (Lipinski definition) is 4. The molecule has 0 saturated heterocycles. The molecule has 20 heavy (non-hydrogen) atoms. The van der Waals surface area contributed by atoms with Gasteiger partial charge in [-0.2, -0.15) is 0 Å². The molecule has 1 aromatic carbocycles. The fraction of sp³-hybridized carbons (Fsp3) is 0.500. The van der Waals surface area contributed by atoms with Gasteiger partial charge in [-0.15, -0.1) is 0 Å². The summed E-state index contributed by atoms with van der Waals surface area (Å²) in [5, 5.41) is 6.58. The fourth-order valence-corrected chi connectivity index (χ4v) is 2.08. The lowest BCUT2D eigenvalue weighted by molar-refractivity contribution is 0.0950. The van der Waals surface area contributed by atoms with Crippen LogP contribution in [-0.4, -0.2) is 31.6 Å². The highest BCUT2D eigenvalue weighted by Gasteiger charge is 2.36. The van der Waals surface area contributed by atoms with E-state index in [2.05, 4.69) is 17.6 Å². The number of anilines is 1. The normalized spacial score (nSPS) is 15.8. The van der Waals surface area contributed by atoms with E-state index in [4.69, 9.17) is 22.1 Å². The van der Waals surface area contributed by atoms with Crippen LogP contribution in [0.1, 0.15) is 30.1 Å². The molecule has 1 aromatic rings. The van der Waals surface area contributed by atoms with Crippen molar-refractivity contribution in [2.45, 2.75) is 25.3 Å². The zero-order valence-corrected chi connectivity index (χ0v) is 12.5. The van der Waals surface area contributed by atoms with Crippen molar-refractivity contribution >= 4 is 23.2 Å². The van der Waals surface area contributed by atoms with Gasteiger partial charge in [0.25, 0.3) is 5.91 Å². The second-order valence-corrected chi connectivity index (χ2v) is 5.72. The Bertz CT molecular complexity index is 515. The number of halogens is 1. The lowest BCUT2D eigenvalue weighted by Gasteiger charge is -2.13. The van der Waals surface area contributed by atoms with Gasteiger partial charge in [-0.1, -0.05) is 11.6 Å². The van der Waals surface area contributed by atoms with Gasteiger partial charge < -0.3 is 21.1 Å². The van der Waals surface area contributed by atoms with Crippen LogP contribution >= 0.6 is 11.6 Å². The second kappa shape index (κ2) is 5.89. The van der Waals surface area contributed by atoms with Crippen LogP contribution in [0.2, 0.25) is 5.02 Å². The Morgan fingerprint density at radius 1 is 1.45 bits per heavy atom. The smallest absolute Gasteiger partial charge is 0.255 e. The summed E-state index contributed by atoms with van der Waals surface area (Å²) in [6.45, 7) is 3.48. The van der Waals surface area contributed by atoms with E-state index in [9.17, 15) is 4.79 Å². The van der Waals surface area contributed by atoms with E-state index >= 15 is 0 Å². The first-order valence-corrected chi connectivity index (χ1v) is 6.99. The summed E-state index contributed by atoms with van der Waals surface area (Å²) in [7, 11) is 1.49. The van der Waals surface area contributed by atoms with E-state index in [1.165, 1.54) is 26.0 Å². The summed E-state index contributed by atoms with van der Waals surface area (Å²) in [5.74, 6) is 0.206. The molecule has 0 bridgehead atoms. The number of carbonyl (C=O) groups excluding carboxylic acids is 1. The molecule has 1 amide bonds.